The zero-order valence-electron chi connectivity index (χ0n) is 11.0. The molecule has 4 N–H and O–H groups in total. The van der Waals surface area contributed by atoms with Crippen molar-refractivity contribution < 1.29 is 4.74 Å². The van der Waals surface area contributed by atoms with Gasteiger partial charge in [0.05, 0.1) is 0 Å². The molecule has 0 heterocycles. The van der Waals surface area contributed by atoms with E-state index in [1.807, 2.05) is 6.92 Å². The highest BCUT2D eigenvalue weighted by atomic mass is 16.5. The Hall–Kier alpha value is -0.810. The summed E-state index contributed by atoms with van der Waals surface area (Å²) in [6.45, 7) is 11.5. The van der Waals surface area contributed by atoms with Crippen molar-refractivity contribution in [2.45, 2.75) is 34.1 Å². The highest BCUT2D eigenvalue weighted by Crippen LogP contribution is 2.12. The van der Waals surface area contributed by atoms with E-state index in [0.29, 0.717) is 5.96 Å². The number of nitrogens with zero attached hydrogens (tertiary/aromatic N) is 1. The molecular formula is C11H26N4O. The first-order valence-electron chi connectivity index (χ1n) is 5.82. The monoisotopic (exact) mass is 230 g/mol. The van der Waals surface area contributed by atoms with Crippen LogP contribution in [-0.4, -0.2) is 32.3 Å². The number of hydrazine groups is 1. The molecule has 0 aliphatic heterocycles. The van der Waals surface area contributed by atoms with Gasteiger partial charge in [-0.15, -0.1) is 0 Å². The van der Waals surface area contributed by atoms with Crippen molar-refractivity contribution in [3.8, 4) is 0 Å². The third-order valence-corrected chi connectivity index (χ3v) is 1.81. The highest BCUT2D eigenvalue weighted by molar-refractivity contribution is 5.79. The lowest BCUT2D eigenvalue weighted by Crippen LogP contribution is -2.42. The van der Waals surface area contributed by atoms with Crippen LogP contribution in [0, 0.1) is 5.41 Å². The van der Waals surface area contributed by atoms with Gasteiger partial charge in [0, 0.05) is 26.3 Å². The molecule has 0 amide bonds. The highest BCUT2D eigenvalue weighted by Gasteiger charge is 2.09. The van der Waals surface area contributed by atoms with Crippen LogP contribution in [0.3, 0.4) is 0 Å². The molecule has 0 unspecified atom stereocenters. The Morgan fingerprint density at radius 1 is 1.38 bits per heavy atom. The van der Waals surface area contributed by atoms with Gasteiger partial charge in [0.15, 0.2) is 0 Å². The van der Waals surface area contributed by atoms with Crippen molar-refractivity contribution in [1.82, 2.24) is 10.7 Å². The average molecular weight is 230 g/mol. The number of rotatable bonds is 6. The Bertz CT molecular complexity index is 199. The molecule has 0 aromatic carbocycles. The van der Waals surface area contributed by atoms with Gasteiger partial charge < -0.3 is 10.1 Å². The Balaban J connectivity index is 3.74. The number of hydrogen-bond acceptors (Lipinski definition) is 3. The molecule has 0 rings (SSSR count). The van der Waals surface area contributed by atoms with Gasteiger partial charge in [-0.1, -0.05) is 20.8 Å². The Morgan fingerprint density at radius 2 is 2.06 bits per heavy atom. The van der Waals surface area contributed by atoms with Crippen LogP contribution in [0.15, 0.2) is 4.99 Å². The lowest BCUT2D eigenvalue weighted by Gasteiger charge is -2.16. The fourth-order valence-electron chi connectivity index (χ4n) is 0.994. The predicted octanol–water partition coefficient (Wildman–Crippen LogP) is 0.868. The van der Waals surface area contributed by atoms with Crippen LogP contribution in [-0.2, 0) is 4.74 Å². The summed E-state index contributed by atoms with van der Waals surface area (Å²) in [6, 6.07) is 0. The normalized spacial score (nSPS) is 12.7. The van der Waals surface area contributed by atoms with Gasteiger partial charge in [0.2, 0.25) is 5.96 Å². The maximum Gasteiger partial charge on any atom is 0.205 e. The molecule has 0 radical (unpaired) electrons. The molecule has 0 fully saturated rings. The summed E-state index contributed by atoms with van der Waals surface area (Å²) in [4.78, 5) is 4.36. The first-order valence-corrected chi connectivity index (χ1v) is 5.82. The third kappa shape index (κ3) is 9.73. The standard InChI is InChI=1S/C11H26N4O/c1-5-16-8-6-7-13-10(15-12)14-9-11(2,3)4/h5-9,12H2,1-4H3,(H2,13,14,15). The molecule has 0 spiro atoms. The molecular weight excluding hydrogens is 204 g/mol. The number of guanidine groups is 1. The van der Waals surface area contributed by atoms with E-state index >= 15 is 0 Å². The zero-order chi connectivity index (χ0) is 12.4. The van der Waals surface area contributed by atoms with E-state index < -0.39 is 0 Å². The largest absolute Gasteiger partial charge is 0.382 e. The molecule has 0 aliphatic carbocycles. The van der Waals surface area contributed by atoms with E-state index in [4.69, 9.17) is 10.6 Å². The predicted molar refractivity (Wildman–Crippen MR) is 68.2 cm³/mol. The van der Waals surface area contributed by atoms with Crippen LogP contribution >= 0.6 is 0 Å². The number of aliphatic imine (C=N–C) groups is 1. The van der Waals surface area contributed by atoms with Gasteiger partial charge >= 0.3 is 0 Å². The van der Waals surface area contributed by atoms with Gasteiger partial charge in [-0.2, -0.15) is 0 Å². The number of nitrogens with one attached hydrogen (secondary N) is 2. The van der Waals surface area contributed by atoms with Gasteiger partial charge in [0.25, 0.3) is 0 Å². The maximum absolute atomic E-state index is 5.37. The Kier molecular flexibility index (Phi) is 7.93. The quantitative estimate of drug-likeness (QED) is 0.208. The molecule has 5 nitrogen and oxygen atoms in total. The van der Waals surface area contributed by atoms with Crippen LogP contribution in [0.5, 0.6) is 0 Å². The van der Waals surface area contributed by atoms with Crippen molar-refractivity contribution in [2.24, 2.45) is 16.3 Å². The van der Waals surface area contributed by atoms with Crippen LogP contribution in [0.4, 0.5) is 0 Å². The first-order chi connectivity index (χ1) is 7.49. The minimum atomic E-state index is 0.176. The summed E-state index contributed by atoms with van der Waals surface area (Å²) in [5.74, 6) is 6.01. The van der Waals surface area contributed by atoms with Crippen LogP contribution < -0.4 is 16.6 Å². The molecule has 0 saturated carbocycles. The number of nitrogens with two attached hydrogens (primary N) is 1. The van der Waals surface area contributed by atoms with E-state index in [1.54, 1.807) is 0 Å². The molecule has 16 heavy (non-hydrogen) atoms. The fraction of sp³-hybridized carbons (Fsp3) is 0.909. The molecule has 0 aliphatic rings. The SMILES string of the molecule is CCOCCCNC(=NCC(C)(C)C)NN. The molecule has 0 aromatic heterocycles. The smallest absolute Gasteiger partial charge is 0.205 e. The van der Waals surface area contributed by atoms with Gasteiger partial charge in [-0.3, -0.25) is 10.4 Å². The van der Waals surface area contributed by atoms with Crippen LogP contribution in [0.2, 0.25) is 0 Å². The second-order valence-electron chi connectivity index (χ2n) is 4.85. The summed E-state index contributed by atoms with van der Waals surface area (Å²) in [7, 11) is 0. The van der Waals surface area contributed by atoms with Gasteiger partial charge in [0.1, 0.15) is 0 Å². The summed E-state index contributed by atoms with van der Waals surface area (Å²) in [5, 5.41) is 3.13. The minimum Gasteiger partial charge on any atom is -0.382 e. The zero-order valence-corrected chi connectivity index (χ0v) is 11.0. The Labute approximate surface area is 98.8 Å². The minimum absolute atomic E-state index is 0.176. The summed E-state index contributed by atoms with van der Waals surface area (Å²) in [6.07, 6.45) is 0.948. The third-order valence-electron chi connectivity index (χ3n) is 1.81. The fourth-order valence-corrected chi connectivity index (χ4v) is 0.994. The van der Waals surface area contributed by atoms with Crippen LogP contribution in [0.1, 0.15) is 34.1 Å². The van der Waals surface area contributed by atoms with Crippen LogP contribution in [0.25, 0.3) is 0 Å². The van der Waals surface area contributed by atoms with Crippen molar-refractivity contribution >= 4 is 5.96 Å². The second kappa shape index (κ2) is 8.35. The van der Waals surface area contributed by atoms with E-state index in [9.17, 15) is 0 Å². The van der Waals surface area contributed by atoms with E-state index in [-0.39, 0.29) is 5.41 Å². The number of ether oxygens (including phenoxy) is 1. The van der Waals surface area contributed by atoms with E-state index in [0.717, 1.165) is 32.7 Å². The second-order valence-corrected chi connectivity index (χ2v) is 4.85. The van der Waals surface area contributed by atoms with Crippen molar-refractivity contribution in [3.05, 3.63) is 0 Å². The van der Waals surface area contributed by atoms with E-state index in [2.05, 4.69) is 36.5 Å². The summed E-state index contributed by atoms with van der Waals surface area (Å²) < 4.78 is 5.23. The molecule has 0 bridgehead atoms. The van der Waals surface area contributed by atoms with Crippen molar-refractivity contribution in [3.63, 3.8) is 0 Å². The lowest BCUT2D eigenvalue weighted by atomic mass is 9.97. The molecule has 5 heteroatoms. The Morgan fingerprint density at radius 3 is 2.56 bits per heavy atom. The maximum atomic E-state index is 5.37. The molecule has 0 saturated heterocycles. The van der Waals surface area contributed by atoms with Gasteiger partial charge in [-0.25, -0.2) is 5.84 Å². The summed E-state index contributed by atoms with van der Waals surface area (Å²) >= 11 is 0. The number of hydrogen-bond donors (Lipinski definition) is 3. The molecule has 96 valence electrons. The van der Waals surface area contributed by atoms with Crippen molar-refractivity contribution in [1.29, 1.82) is 0 Å². The first kappa shape index (κ1) is 15.2. The van der Waals surface area contributed by atoms with Crippen molar-refractivity contribution in [2.75, 3.05) is 26.3 Å². The van der Waals surface area contributed by atoms with Gasteiger partial charge in [-0.05, 0) is 18.8 Å². The average Bonchev–Trinajstić information content (AvgIpc) is 2.21. The lowest BCUT2D eigenvalue weighted by molar-refractivity contribution is 0.145. The molecule has 0 aromatic rings. The summed E-state index contributed by atoms with van der Waals surface area (Å²) in [5.41, 5.74) is 2.74. The van der Waals surface area contributed by atoms with E-state index in [1.165, 1.54) is 0 Å². The topological polar surface area (TPSA) is 71.7 Å². The molecule has 0 atom stereocenters.